The van der Waals surface area contributed by atoms with Crippen molar-refractivity contribution in [1.29, 1.82) is 0 Å². The van der Waals surface area contributed by atoms with E-state index in [-0.39, 0.29) is 11.7 Å². The summed E-state index contributed by atoms with van der Waals surface area (Å²) < 4.78 is 15.0. The maximum atomic E-state index is 13.5. The molecule has 1 aromatic heterocycles. The summed E-state index contributed by atoms with van der Waals surface area (Å²) in [6, 6.07) is 13.4. The molecular weight excluding hydrogens is 343 g/mol. The molecule has 0 radical (unpaired) electrons. The van der Waals surface area contributed by atoms with Crippen molar-refractivity contribution in [3.05, 3.63) is 76.7 Å². The first-order valence-corrected chi connectivity index (χ1v) is 8.03. The molecule has 4 rings (SSSR count). The van der Waals surface area contributed by atoms with Gasteiger partial charge in [-0.05, 0) is 35.9 Å². The van der Waals surface area contributed by atoms with Crippen LogP contribution < -0.4 is 5.32 Å². The molecule has 0 saturated heterocycles. The van der Waals surface area contributed by atoms with E-state index in [0.29, 0.717) is 34.3 Å². The highest BCUT2D eigenvalue weighted by Crippen LogP contribution is 2.25. The van der Waals surface area contributed by atoms with Crippen molar-refractivity contribution in [2.45, 2.75) is 6.42 Å². The molecule has 0 aliphatic carbocycles. The second-order valence-electron chi connectivity index (χ2n) is 5.69. The topological polar surface area (TPSA) is 63.9 Å². The molecule has 0 unspecified atom stereocenters. The van der Waals surface area contributed by atoms with E-state index >= 15 is 0 Å². The number of fused-ring (bicyclic) bond motifs is 1. The van der Waals surface area contributed by atoms with Crippen LogP contribution in [-0.4, -0.2) is 21.5 Å². The third kappa shape index (κ3) is 3.09. The number of halogens is 2. The van der Waals surface area contributed by atoms with Crippen molar-refractivity contribution in [2.75, 3.05) is 0 Å². The first-order chi connectivity index (χ1) is 12.1. The molecule has 0 saturated carbocycles. The fraction of sp³-hybridized carbons (Fsp3) is 0.0556. The molecule has 3 aromatic rings. The summed E-state index contributed by atoms with van der Waals surface area (Å²) in [7, 11) is 0. The normalized spacial score (nSPS) is 13.5. The Hall–Kier alpha value is -2.83. The van der Waals surface area contributed by atoms with Gasteiger partial charge in [-0.2, -0.15) is 10.1 Å². The van der Waals surface area contributed by atoms with Gasteiger partial charge in [-0.1, -0.05) is 29.8 Å². The van der Waals surface area contributed by atoms with Crippen molar-refractivity contribution >= 4 is 29.2 Å². The third-order valence-corrected chi connectivity index (χ3v) is 4.12. The number of hydrogen-bond donors (Lipinski definition) is 1. The Morgan fingerprint density at radius 3 is 2.80 bits per heavy atom. The maximum absolute atomic E-state index is 13.5. The van der Waals surface area contributed by atoms with Crippen LogP contribution >= 0.6 is 11.6 Å². The Kier molecular flexibility index (Phi) is 3.91. The molecule has 1 aliphatic heterocycles. The monoisotopic (exact) mass is 355 g/mol. The van der Waals surface area contributed by atoms with E-state index in [2.05, 4.69) is 10.1 Å². The summed E-state index contributed by atoms with van der Waals surface area (Å²) in [5.74, 6) is 0.483. The number of nitrogens with two attached hydrogens (primary N) is 1. The third-order valence-electron chi connectivity index (χ3n) is 3.88. The van der Waals surface area contributed by atoms with Gasteiger partial charge in [0.25, 0.3) is 0 Å². The molecule has 1 amide bonds. The zero-order chi connectivity index (χ0) is 17.4. The predicted octanol–water partition coefficient (Wildman–Crippen LogP) is 2.65. The molecule has 25 heavy (non-hydrogen) atoms. The Bertz CT molecular complexity index is 1010. The standard InChI is InChI=1S/C18H12ClFN4O/c19-12-4-1-3-11(7-12)8-16-22-17-15(18(25)23-16)10-21-24(17)14-6-2-5-13(20)9-14/h1-7,9-10H,8H2,(H,22,23,25)/p+1. The van der Waals surface area contributed by atoms with Gasteiger partial charge in [0.05, 0.1) is 18.3 Å². The highest BCUT2D eigenvalue weighted by Gasteiger charge is 2.29. The van der Waals surface area contributed by atoms with Gasteiger partial charge in [0.1, 0.15) is 11.4 Å². The number of amidine groups is 1. The molecule has 2 heterocycles. The van der Waals surface area contributed by atoms with Crippen LogP contribution in [0.1, 0.15) is 15.9 Å². The number of aromatic nitrogens is 2. The second-order valence-corrected chi connectivity index (χ2v) is 6.13. The van der Waals surface area contributed by atoms with Crippen LogP contribution in [0.3, 0.4) is 0 Å². The number of primary amides is 1. The summed E-state index contributed by atoms with van der Waals surface area (Å²) >= 11 is 6.01. The minimum Gasteiger partial charge on any atom is -0.233 e. The summed E-state index contributed by atoms with van der Waals surface area (Å²) in [4.78, 5) is 16.9. The van der Waals surface area contributed by atoms with Crippen LogP contribution in [0, 0.1) is 5.82 Å². The van der Waals surface area contributed by atoms with Crippen molar-refractivity contribution in [2.24, 2.45) is 4.99 Å². The molecule has 0 atom stereocenters. The fourth-order valence-electron chi connectivity index (χ4n) is 2.76. The van der Waals surface area contributed by atoms with E-state index in [4.69, 9.17) is 11.6 Å². The van der Waals surface area contributed by atoms with E-state index in [9.17, 15) is 9.18 Å². The second kappa shape index (κ2) is 6.23. The molecule has 2 aromatic carbocycles. The van der Waals surface area contributed by atoms with Gasteiger partial charge in [0.15, 0.2) is 5.82 Å². The smallest absolute Gasteiger partial charge is 0.233 e. The number of benzene rings is 2. The van der Waals surface area contributed by atoms with Crippen LogP contribution in [0.5, 0.6) is 0 Å². The minimum absolute atomic E-state index is 0.162. The van der Waals surface area contributed by atoms with Crippen molar-refractivity contribution < 1.29 is 14.5 Å². The summed E-state index contributed by atoms with van der Waals surface area (Å²) in [6.45, 7) is 0. The number of amides is 1. The number of hydrogen-bond acceptors (Lipinski definition) is 3. The van der Waals surface area contributed by atoms with E-state index < -0.39 is 0 Å². The molecular formula is C18H13ClFN4O+. The Morgan fingerprint density at radius 1 is 1.16 bits per heavy atom. The molecule has 0 spiro atoms. The van der Waals surface area contributed by atoms with Crippen molar-refractivity contribution in [3.8, 4) is 5.69 Å². The van der Waals surface area contributed by atoms with E-state index in [1.54, 1.807) is 18.2 Å². The molecule has 124 valence electrons. The first kappa shape index (κ1) is 15.7. The van der Waals surface area contributed by atoms with Crippen LogP contribution in [0.4, 0.5) is 10.2 Å². The van der Waals surface area contributed by atoms with E-state index in [1.807, 2.05) is 18.2 Å². The lowest BCUT2D eigenvalue weighted by molar-refractivity contribution is -0.433. The SMILES string of the molecule is O=C1[NH2+]C(Cc2cccc(Cl)c2)=Nc2c1cnn2-c1cccc(F)c1. The van der Waals surface area contributed by atoms with Crippen LogP contribution in [0.25, 0.3) is 5.69 Å². The first-order valence-electron chi connectivity index (χ1n) is 7.65. The fourth-order valence-corrected chi connectivity index (χ4v) is 2.98. The largest absolute Gasteiger partial charge is 0.354 e. The Labute approximate surface area is 147 Å². The summed E-state index contributed by atoms with van der Waals surface area (Å²) in [6.07, 6.45) is 1.93. The van der Waals surface area contributed by atoms with Crippen LogP contribution in [-0.2, 0) is 6.42 Å². The zero-order valence-corrected chi connectivity index (χ0v) is 13.7. The average molecular weight is 356 g/mol. The van der Waals surface area contributed by atoms with Gasteiger partial charge in [-0.3, -0.25) is 0 Å². The average Bonchev–Trinajstić information content (AvgIpc) is 2.99. The lowest BCUT2D eigenvalue weighted by Crippen LogP contribution is -2.92. The lowest BCUT2D eigenvalue weighted by atomic mass is 10.1. The molecule has 7 heteroatoms. The van der Waals surface area contributed by atoms with Gasteiger partial charge in [-0.15, -0.1) is 0 Å². The Balaban J connectivity index is 1.74. The number of carbonyl (C=O) groups is 1. The number of quaternary nitrogens is 1. The van der Waals surface area contributed by atoms with Crippen molar-refractivity contribution in [3.63, 3.8) is 0 Å². The Morgan fingerprint density at radius 2 is 2.00 bits per heavy atom. The lowest BCUT2D eigenvalue weighted by Gasteiger charge is -2.11. The highest BCUT2D eigenvalue weighted by molar-refractivity contribution is 6.30. The highest BCUT2D eigenvalue weighted by atomic mass is 35.5. The quantitative estimate of drug-likeness (QED) is 0.785. The number of aliphatic imine (C=N–C) groups is 1. The molecule has 0 fully saturated rings. The van der Waals surface area contributed by atoms with Gasteiger partial charge >= 0.3 is 5.91 Å². The number of carbonyl (C=O) groups excluding carboxylic acids is 1. The number of nitrogens with zero attached hydrogens (tertiary/aromatic N) is 3. The van der Waals surface area contributed by atoms with Gasteiger partial charge < -0.3 is 0 Å². The van der Waals surface area contributed by atoms with Gasteiger partial charge in [-0.25, -0.2) is 19.2 Å². The zero-order valence-electron chi connectivity index (χ0n) is 13.0. The molecule has 5 nitrogen and oxygen atoms in total. The van der Waals surface area contributed by atoms with E-state index in [0.717, 1.165) is 5.56 Å². The van der Waals surface area contributed by atoms with Crippen molar-refractivity contribution in [1.82, 2.24) is 9.78 Å². The molecule has 2 N–H and O–H groups in total. The predicted molar refractivity (Wildman–Crippen MR) is 92.0 cm³/mol. The van der Waals surface area contributed by atoms with Gasteiger partial charge in [0.2, 0.25) is 5.84 Å². The summed E-state index contributed by atoms with van der Waals surface area (Å²) in [5.41, 5.74) is 1.87. The summed E-state index contributed by atoms with van der Waals surface area (Å²) in [5, 5.41) is 6.33. The number of rotatable bonds is 3. The molecule has 1 aliphatic rings. The van der Waals surface area contributed by atoms with Gasteiger partial charge in [0, 0.05) is 5.02 Å². The minimum atomic E-state index is -0.376. The van der Waals surface area contributed by atoms with Crippen LogP contribution in [0.15, 0.2) is 59.7 Å². The van der Waals surface area contributed by atoms with Crippen LogP contribution in [0.2, 0.25) is 5.02 Å². The van der Waals surface area contributed by atoms with E-state index in [1.165, 1.54) is 28.3 Å². The molecule has 0 bridgehead atoms. The maximum Gasteiger partial charge on any atom is 0.354 e.